The van der Waals surface area contributed by atoms with Gasteiger partial charge in [0.15, 0.2) is 4.77 Å². The lowest BCUT2D eigenvalue weighted by Crippen LogP contribution is -2.26. The summed E-state index contributed by atoms with van der Waals surface area (Å²) >= 11 is 5.22. The highest BCUT2D eigenvalue weighted by Crippen LogP contribution is 2.25. The predicted molar refractivity (Wildman–Crippen MR) is 68.3 cm³/mol. The van der Waals surface area contributed by atoms with Crippen molar-refractivity contribution in [3.8, 4) is 0 Å². The third-order valence-corrected chi connectivity index (χ3v) is 5.14. The van der Waals surface area contributed by atoms with Crippen LogP contribution in [0.5, 0.6) is 0 Å². The van der Waals surface area contributed by atoms with Crippen molar-refractivity contribution < 1.29 is 8.42 Å². The van der Waals surface area contributed by atoms with Crippen LogP contribution in [-0.2, 0) is 16.3 Å². The van der Waals surface area contributed by atoms with Crippen LogP contribution in [0.4, 0.5) is 0 Å². The van der Waals surface area contributed by atoms with Crippen molar-refractivity contribution in [1.29, 1.82) is 0 Å². The van der Waals surface area contributed by atoms with Crippen molar-refractivity contribution in [2.24, 2.45) is 0 Å². The summed E-state index contributed by atoms with van der Waals surface area (Å²) in [6.45, 7) is 2.09. The molecule has 1 fully saturated rings. The van der Waals surface area contributed by atoms with E-state index in [2.05, 4.69) is 17.1 Å². The van der Waals surface area contributed by atoms with E-state index in [9.17, 15) is 8.42 Å². The second-order valence-electron chi connectivity index (χ2n) is 4.45. The minimum absolute atomic E-state index is 0.186. The number of hydrogen-bond donors (Lipinski definition) is 1. The zero-order valence-electron chi connectivity index (χ0n) is 9.85. The molecule has 2 rings (SSSR count). The maximum atomic E-state index is 11.4. The first-order chi connectivity index (χ1) is 8.03. The molecule has 0 amide bonds. The van der Waals surface area contributed by atoms with Crippen molar-refractivity contribution in [3.63, 3.8) is 0 Å². The lowest BCUT2D eigenvalue weighted by molar-refractivity contribution is 0.431. The predicted octanol–water partition coefficient (Wildman–Crippen LogP) is 1.64. The van der Waals surface area contributed by atoms with E-state index in [0.29, 0.717) is 17.6 Å². The Morgan fingerprint density at radius 2 is 2.12 bits per heavy atom. The van der Waals surface area contributed by atoms with E-state index < -0.39 is 9.84 Å². The summed E-state index contributed by atoms with van der Waals surface area (Å²) in [4.78, 5) is 0. The molecule has 2 heterocycles. The van der Waals surface area contributed by atoms with E-state index in [-0.39, 0.29) is 17.5 Å². The van der Waals surface area contributed by atoms with Crippen LogP contribution >= 0.6 is 12.2 Å². The van der Waals surface area contributed by atoms with E-state index >= 15 is 0 Å². The number of hydrogen-bond acceptors (Lipinski definition) is 4. The van der Waals surface area contributed by atoms with Crippen LogP contribution in [0.25, 0.3) is 0 Å². The van der Waals surface area contributed by atoms with E-state index in [1.54, 1.807) is 0 Å². The smallest absolute Gasteiger partial charge is 0.195 e. The standard InChI is InChI=1S/C10H17N3O2S2/c1-2-3-9-11-12-10(16)13(9)8-4-6-17(14,15)7-5-8/h8H,2-7H2,1H3,(H,12,16). The Labute approximate surface area is 106 Å². The molecule has 7 heteroatoms. The normalized spacial score (nSPS) is 20.5. The van der Waals surface area contributed by atoms with Gasteiger partial charge in [0.25, 0.3) is 0 Å². The zero-order chi connectivity index (χ0) is 12.5. The number of rotatable bonds is 3. The van der Waals surface area contributed by atoms with Gasteiger partial charge in [0, 0.05) is 12.5 Å². The van der Waals surface area contributed by atoms with Crippen LogP contribution in [0.2, 0.25) is 0 Å². The molecule has 0 atom stereocenters. The van der Waals surface area contributed by atoms with Crippen LogP contribution in [-0.4, -0.2) is 34.7 Å². The summed E-state index contributed by atoms with van der Waals surface area (Å²) < 4.78 is 25.4. The molecule has 1 saturated heterocycles. The molecular formula is C10H17N3O2S2. The lowest BCUT2D eigenvalue weighted by atomic mass is 10.1. The van der Waals surface area contributed by atoms with Gasteiger partial charge in [-0.1, -0.05) is 6.92 Å². The van der Waals surface area contributed by atoms with Gasteiger partial charge in [-0.25, -0.2) is 8.42 Å². The molecule has 0 saturated carbocycles. The van der Waals surface area contributed by atoms with Crippen molar-refractivity contribution in [2.75, 3.05) is 11.5 Å². The van der Waals surface area contributed by atoms with Crippen LogP contribution in [0.3, 0.4) is 0 Å². The van der Waals surface area contributed by atoms with Crippen molar-refractivity contribution >= 4 is 22.1 Å². The average Bonchev–Trinajstić information content (AvgIpc) is 2.61. The highest BCUT2D eigenvalue weighted by molar-refractivity contribution is 7.91. The molecule has 1 aromatic rings. The second-order valence-corrected chi connectivity index (χ2v) is 7.14. The minimum atomic E-state index is -2.82. The molecule has 1 aliphatic rings. The molecule has 0 aromatic carbocycles. The molecule has 1 N–H and O–H groups in total. The summed E-state index contributed by atoms with van der Waals surface area (Å²) in [5.41, 5.74) is 0. The molecular weight excluding hydrogens is 258 g/mol. The van der Waals surface area contributed by atoms with Gasteiger partial charge in [0.05, 0.1) is 11.5 Å². The van der Waals surface area contributed by atoms with Crippen LogP contribution in [0.15, 0.2) is 0 Å². The number of H-pyrrole nitrogens is 1. The lowest BCUT2D eigenvalue weighted by Gasteiger charge is -2.24. The zero-order valence-corrected chi connectivity index (χ0v) is 11.5. The number of aryl methyl sites for hydroxylation is 1. The maximum Gasteiger partial charge on any atom is 0.195 e. The fraction of sp³-hybridized carbons (Fsp3) is 0.800. The van der Waals surface area contributed by atoms with Crippen molar-refractivity contribution in [1.82, 2.24) is 14.8 Å². The van der Waals surface area contributed by atoms with Crippen molar-refractivity contribution in [3.05, 3.63) is 10.6 Å². The summed E-state index contributed by atoms with van der Waals surface area (Å²) in [5, 5.41) is 7.02. The highest BCUT2D eigenvalue weighted by Gasteiger charge is 2.26. The summed E-state index contributed by atoms with van der Waals surface area (Å²) in [5.74, 6) is 1.47. The SMILES string of the molecule is CCCc1n[nH]c(=S)n1C1CCS(=O)(=O)CC1. The molecule has 0 unspecified atom stereocenters. The van der Waals surface area contributed by atoms with E-state index in [1.165, 1.54) is 0 Å². The third-order valence-electron chi connectivity index (χ3n) is 3.14. The molecule has 17 heavy (non-hydrogen) atoms. The molecule has 5 nitrogen and oxygen atoms in total. The van der Waals surface area contributed by atoms with E-state index in [0.717, 1.165) is 18.7 Å². The van der Waals surface area contributed by atoms with E-state index in [1.807, 2.05) is 4.57 Å². The van der Waals surface area contributed by atoms with Gasteiger partial charge in [-0.2, -0.15) is 5.10 Å². The Bertz CT molecular complexity index is 530. The third kappa shape index (κ3) is 2.77. The first-order valence-corrected chi connectivity index (χ1v) is 8.12. The minimum Gasteiger partial charge on any atom is -0.301 e. The Hall–Kier alpha value is -0.690. The Balaban J connectivity index is 2.23. The Morgan fingerprint density at radius 1 is 1.47 bits per heavy atom. The largest absolute Gasteiger partial charge is 0.301 e. The quantitative estimate of drug-likeness (QED) is 0.852. The second kappa shape index (κ2) is 4.89. The maximum absolute atomic E-state index is 11.4. The number of sulfone groups is 1. The monoisotopic (exact) mass is 275 g/mol. The molecule has 96 valence electrons. The number of nitrogens with zero attached hydrogens (tertiary/aromatic N) is 2. The van der Waals surface area contributed by atoms with Gasteiger partial charge >= 0.3 is 0 Å². The van der Waals surface area contributed by atoms with Crippen molar-refractivity contribution in [2.45, 2.75) is 38.6 Å². The Kier molecular flexibility index (Phi) is 3.67. The van der Waals surface area contributed by atoms with Gasteiger partial charge in [0.2, 0.25) is 0 Å². The fourth-order valence-electron chi connectivity index (χ4n) is 2.25. The fourth-order valence-corrected chi connectivity index (χ4v) is 4.02. The number of nitrogens with one attached hydrogen (secondary N) is 1. The van der Waals surface area contributed by atoms with Gasteiger partial charge in [-0.05, 0) is 31.5 Å². The van der Waals surface area contributed by atoms with E-state index in [4.69, 9.17) is 12.2 Å². The average molecular weight is 275 g/mol. The molecule has 1 aliphatic heterocycles. The topological polar surface area (TPSA) is 67.8 Å². The summed E-state index contributed by atoms with van der Waals surface area (Å²) in [7, 11) is -2.82. The van der Waals surface area contributed by atoms with Gasteiger partial charge in [-0.3, -0.25) is 5.10 Å². The molecule has 0 aliphatic carbocycles. The number of aromatic nitrogens is 3. The van der Waals surface area contributed by atoms with Gasteiger partial charge in [0.1, 0.15) is 15.7 Å². The molecule has 0 bridgehead atoms. The van der Waals surface area contributed by atoms with Gasteiger partial charge < -0.3 is 4.57 Å². The Morgan fingerprint density at radius 3 is 2.71 bits per heavy atom. The van der Waals surface area contributed by atoms with Crippen LogP contribution < -0.4 is 0 Å². The van der Waals surface area contributed by atoms with Crippen LogP contribution in [0, 0.1) is 4.77 Å². The first kappa shape index (κ1) is 12.8. The highest BCUT2D eigenvalue weighted by atomic mass is 32.2. The molecule has 0 spiro atoms. The molecule has 0 radical (unpaired) electrons. The van der Waals surface area contributed by atoms with Crippen LogP contribution in [0.1, 0.15) is 38.1 Å². The summed E-state index contributed by atoms with van der Waals surface area (Å²) in [6, 6.07) is 0.186. The molecule has 1 aromatic heterocycles. The summed E-state index contributed by atoms with van der Waals surface area (Å²) in [6.07, 6.45) is 3.17. The first-order valence-electron chi connectivity index (χ1n) is 5.89. The van der Waals surface area contributed by atoms with Gasteiger partial charge in [-0.15, -0.1) is 0 Å². The number of aromatic amines is 1.